The van der Waals surface area contributed by atoms with Gasteiger partial charge in [-0.3, -0.25) is 9.89 Å². The predicted molar refractivity (Wildman–Crippen MR) is 107 cm³/mol. The first-order valence-electron chi connectivity index (χ1n) is 8.31. The van der Waals surface area contributed by atoms with Crippen LogP contribution in [0.15, 0.2) is 41.3 Å². The van der Waals surface area contributed by atoms with Crippen molar-refractivity contribution >= 4 is 40.1 Å². The van der Waals surface area contributed by atoms with Crippen molar-refractivity contribution in [2.45, 2.75) is 13.0 Å². The van der Waals surface area contributed by atoms with E-state index in [0.717, 1.165) is 0 Å². The van der Waals surface area contributed by atoms with Crippen molar-refractivity contribution in [3.05, 3.63) is 57.7 Å². The van der Waals surface area contributed by atoms with Crippen LogP contribution in [0.5, 0.6) is 0 Å². The number of nitrogen functional groups attached to an aromatic ring is 2. The Hall–Kier alpha value is -3.66. The molecule has 11 heteroatoms. The Morgan fingerprint density at radius 1 is 1.21 bits per heavy atom. The minimum Gasteiger partial charge on any atom is -0.383 e. The molecule has 1 atom stereocenters. The second-order valence-corrected chi connectivity index (χ2v) is 6.50. The van der Waals surface area contributed by atoms with Crippen LogP contribution in [0.2, 0.25) is 5.02 Å². The van der Waals surface area contributed by atoms with Gasteiger partial charge in [-0.1, -0.05) is 17.7 Å². The molecular formula is C17H16ClN9O. The molecule has 1 aromatic carbocycles. The SMILES string of the molecule is C[C@H](Nc1cc(N)nc(N)n1)c1nc2cccc(Cl)c2c(=O)n1-c1ccn[nH]1. The third-order valence-electron chi connectivity index (χ3n) is 4.11. The van der Waals surface area contributed by atoms with Crippen LogP contribution in [0.1, 0.15) is 18.8 Å². The highest BCUT2D eigenvalue weighted by Gasteiger charge is 2.20. The third kappa shape index (κ3) is 3.09. The van der Waals surface area contributed by atoms with E-state index in [-0.39, 0.29) is 17.3 Å². The smallest absolute Gasteiger partial charge is 0.268 e. The molecule has 0 aliphatic rings. The van der Waals surface area contributed by atoms with Gasteiger partial charge in [0, 0.05) is 12.1 Å². The molecule has 4 aromatic rings. The summed E-state index contributed by atoms with van der Waals surface area (Å²) in [7, 11) is 0. The number of anilines is 3. The minimum absolute atomic E-state index is 0.0407. The predicted octanol–water partition coefficient (Wildman–Crippen LogP) is 1.89. The summed E-state index contributed by atoms with van der Waals surface area (Å²) in [5.74, 6) is 1.57. The van der Waals surface area contributed by atoms with Crippen LogP contribution in [0.3, 0.4) is 0 Å². The first-order chi connectivity index (χ1) is 13.4. The number of benzene rings is 1. The maximum absolute atomic E-state index is 13.2. The van der Waals surface area contributed by atoms with Crippen LogP contribution < -0.4 is 22.3 Å². The molecule has 0 fully saturated rings. The van der Waals surface area contributed by atoms with E-state index in [0.29, 0.717) is 33.4 Å². The zero-order valence-corrected chi connectivity index (χ0v) is 15.5. The molecule has 0 saturated carbocycles. The fourth-order valence-corrected chi connectivity index (χ4v) is 3.20. The average molecular weight is 398 g/mol. The van der Waals surface area contributed by atoms with Gasteiger partial charge >= 0.3 is 0 Å². The van der Waals surface area contributed by atoms with Gasteiger partial charge in [0.25, 0.3) is 5.56 Å². The number of nitrogens with zero attached hydrogens (tertiary/aromatic N) is 5. The van der Waals surface area contributed by atoms with Crippen LogP contribution in [-0.4, -0.2) is 29.7 Å². The second-order valence-electron chi connectivity index (χ2n) is 6.09. The summed E-state index contributed by atoms with van der Waals surface area (Å²) < 4.78 is 1.42. The molecule has 28 heavy (non-hydrogen) atoms. The zero-order valence-electron chi connectivity index (χ0n) is 14.7. The van der Waals surface area contributed by atoms with Crippen LogP contribution in [0, 0.1) is 0 Å². The molecule has 0 aliphatic heterocycles. The quantitative estimate of drug-likeness (QED) is 0.407. The summed E-state index contributed by atoms with van der Waals surface area (Å²) in [4.78, 5) is 25.8. The lowest BCUT2D eigenvalue weighted by Crippen LogP contribution is -2.28. The van der Waals surface area contributed by atoms with Crippen molar-refractivity contribution in [1.29, 1.82) is 0 Å². The highest BCUT2D eigenvalue weighted by Crippen LogP contribution is 2.24. The lowest BCUT2D eigenvalue weighted by Gasteiger charge is -2.19. The summed E-state index contributed by atoms with van der Waals surface area (Å²) in [6.45, 7) is 1.83. The number of H-pyrrole nitrogens is 1. The van der Waals surface area contributed by atoms with Crippen molar-refractivity contribution in [1.82, 2.24) is 29.7 Å². The number of fused-ring (bicyclic) bond motifs is 1. The highest BCUT2D eigenvalue weighted by atomic mass is 35.5. The van der Waals surface area contributed by atoms with E-state index < -0.39 is 6.04 Å². The molecule has 6 N–H and O–H groups in total. The lowest BCUT2D eigenvalue weighted by molar-refractivity contribution is 0.720. The van der Waals surface area contributed by atoms with Crippen LogP contribution in [-0.2, 0) is 0 Å². The van der Waals surface area contributed by atoms with Gasteiger partial charge in [0.15, 0.2) is 0 Å². The maximum Gasteiger partial charge on any atom is 0.268 e. The van der Waals surface area contributed by atoms with Crippen molar-refractivity contribution < 1.29 is 0 Å². The van der Waals surface area contributed by atoms with Crippen LogP contribution in [0.4, 0.5) is 17.6 Å². The van der Waals surface area contributed by atoms with Gasteiger partial charge in [0.1, 0.15) is 23.3 Å². The van der Waals surface area contributed by atoms with Gasteiger partial charge in [0.05, 0.1) is 28.2 Å². The molecule has 4 rings (SSSR count). The molecule has 0 spiro atoms. The van der Waals surface area contributed by atoms with Gasteiger partial charge < -0.3 is 16.8 Å². The van der Waals surface area contributed by atoms with E-state index in [1.807, 2.05) is 6.92 Å². The lowest BCUT2D eigenvalue weighted by atomic mass is 10.2. The summed E-state index contributed by atoms with van der Waals surface area (Å²) >= 11 is 6.25. The molecule has 0 saturated heterocycles. The second kappa shape index (κ2) is 6.82. The van der Waals surface area contributed by atoms with E-state index in [1.54, 1.807) is 36.5 Å². The molecule has 0 amide bonds. The van der Waals surface area contributed by atoms with Gasteiger partial charge in [-0.15, -0.1) is 0 Å². The van der Waals surface area contributed by atoms with E-state index >= 15 is 0 Å². The summed E-state index contributed by atoms with van der Waals surface area (Å²) in [6.07, 6.45) is 1.55. The van der Waals surface area contributed by atoms with Crippen molar-refractivity contribution in [3.8, 4) is 5.82 Å². The Labute approximate surface area is 163 Å². The Morgan fingerprint density at radius 2 is 2.04 bits per heavy atom. The van der Waals surface area contributed by atoms with E-state index in [9.17, 15) is 4.79 Å². The molecule has 3 aromatic heterocycles. The average Bonchev–Trinajstić information content (AvgIpc) is 3.14. The number of aromatic nitrogens is 6. The first-order valence-corrected chi connectivity index (χ1v) is 8.69. The molecule has 0 unspecified atom stereocenters. The van der Waals surface area contributed by atoms with Crippen LogP contribution >= 0.6 is 11.6 Å². The van der Waals surface area contributed by atoms with Crippen LogP contribution in [0.25, 0.3) is 16.7 Å². The number of nitrogens with two attached hydrogens (primary N) is 2. The van der Waals surface area contributed by atoms with Crippen molar-refractivity contribution in [2.24, 2.45) is 0 Å². The molecule has 142 valence electrons. The number of rotatable bonds is 4. The third-order valence-corrected chi connectivity index (χ3v) is 4.43. The molecule has 3 heterocycles. The number of nitrogens with one attached hydrogen (secondary N) is 2. The summed E-state index contributed by atoms with van der Waals surface area (Å²) in [5, 5.41) is 10.5. The maximum atomic E-state index is 13.2. The normalized spacial score (nSPS) is 12.2. The largest absolute Gasteiger partial charge is 0.383 e. The first kappa shape index (κ1) is 17.7. The topological polar surface area (TPSA) is 153 Å². The fourth-order valence-electron chi connectivity index (χ4n) is 2.95. The number of aromatic amines is 1. The van der Waals surface area contributed by atoms with Crippen molar-refractivity contribution in [2.75, 3.05) is 16.8 Å². The zero-order chi connectivity index (χ0) is 19.8. The number of hydrogen-bond donors (Lipinski definition) is 4. The van der Waals surface area contributed by atoms with Gasteiger partial charge in [0.2, 0.25) is 5.95 Å². The molecule has 0 radical (unpaired) electrons. The summed E-state index contributed by atoms with van der Waals surface area (Å²) in [6, 6.07) is 7.90. The standard InChI is InChI=1S/C17H16ClN9O/c1-8(22-12-7-11(19)24-17(20)25-12)15-23-10-4-2-3-9(18)14(10)16(28)27(15)13-5-6-21-26-13/h2-8H,1H3,(H,21,26)(H5,19,20,22,24,25)/t8-/m0/s1. The number of hydrogen-bond acceptors (Lipinski definition) is 8. The highest BCUT2D eigenvalue weighted by molar-refractivity contribution is 6.35. The van der Waals surface area contributed by atoms with Crippen molar-refractivity contribution in [3.63, 3.8) is 0 Å². The monoisotopic (exact) mass is 397 g/mol. The van der Waals surface area contributed by atoms with E-state index in [2.05, 4.69) is 30.5 Å². The minimum atomic E-state index is -0.437. The Bertz CT molecular complexity index is 1200. The fraction of sp³-hybridized carbons (Fsp3) is 0.118. The van der Waals surface area contributed by atoms with Gasteiger partial charge in [-0.05, 0) is 19.1 Å². The van der Waals surface area contributed by atoms with Gasteiger partial charge in [-0.25, -0.2) is 9.55 Å². The molecule has 0 bridgehead atoms. The molecular weight excluding hydrogens is 382 g/mol. The van der Waals surface area contributed by atoms with E-state index in [1.165, 1.54) is 4.57 Å². The molecule has 0 aliphatic carbocycles. The van der Waals surface area contributed by atoms with Gasteiger partial charge in [-0.2, -0.15) is 15.1 Å². The Kier molecular flexibility index (Phi) is 4.32. The summed E-state index contributed by atoms with van der Waals surface area (Å²) in [5.41, 5.74) is 11.6. The van der Waals surface area contributed by atoms with E-state index in [4.69, 9.17) is 23.1 Å². The Morgan fingerprint density at radius 3 is 2.75 bits per heavy atom. The molecule has 10 nitrogen and oxygen atoms in total. The number of halogens is 1. The Balaban J connectivity index is 1.90.